The highest BCUT2D eigenvalue weighted by Crippen LogP contribution is 2.04. The zero-order valence-corrected chi connectivity index (χ0v) is 9.53. The first-order chi connectivity index (χ1) is 7.72. The molecule has 0 heterocycles. The Bertz CT molecular complexity index is 322. The number of carbonyl (C=O) groups excluding carboxylic acids is 1. The molecule has 16 heavy (non-hydrogen) atoms. The summed E-state index contributed by atoms with van der Waals surface area (Å²) in [4.78, 5) is 11.3. The van der Waals surface area contributed by atoms with Gasteiger partial charge in [-0.3, -0.25) is 4.79 Å². The van der Waals surface area contributed by atoms with E-state index in [0.717, 1.165) is 17.7 Å². The summed E-state index contributed by atoms with van der Waals surface area (Å²) in [5, 5.41) is 2.77. The summed E-state index contributed by atoms with van der Waals surface area (Å²) in [7, 11) is 0. The minimum absolute atomic E-state index is 0.0923. The Kier molecular flexibility index (Phi) is 5.36. The molecule has 0 aromatic heterocycles. The molecular formula is C12H18N2O2. The number of carbonyl (C=O) groups is 1. The quantitative estimate of drug-likeness (QED) is 0.563. The van der Waals surface area contributed by atoms with Crippen molar-refractivity contribution in [1.29, 1.82) is 0 Å². The summed E-state index contributed by atoms with van der Waals surface area (Å²) in [5.41, 5.74) is 7.31. The minimum atomic E-state index is -0.0923. The van der Waals surface area contributed by atoms with Crippen molar-refractivity contribution in [1.82, 2.24) is 5.32 Å². The van der Waals surface area contributed by atoms with Gasteiger partial charge < -0.3 is 15.8 Å². The number of hydrogen-bond donors (Lipinski definition) is 2. The molecule has 0 fully saturated rings. The van der Waals surface area contributed by atoms with Gasteiger partial charge in [0.1, 0.15) is 6.61 Å². The lowest BCUT2D eigenvalue weighted by atomic mass is 10.2. The zero-order chi connectivity index (χ0) is 11.8. The topological polar surface area (TPSA) is 64.3 Å². The Morgan fingerprint density at radius 1 is 1.38 bits per heavy atom. The molecular weight excluding hydrogens is 204 g/mol. The third-order valence-electron chi connectivity index (χ3n) is 2.05. The Morgan fingerprint density at radius 3 is 2.69 bits per heavy atom. The van der Waals surface area contributed by atoms with Gasteiger partial charge in [0.2, 0.25) is 5.91 Å². The molecule has 0 aliphatic carbocycles. The average Bonchev–Trinajstić information content (AvgIpc) is 2.29. The van der Waals surface area contributed by atoms with E-state index in [1.165, 1.54) is 0 Å². The second-order valence-electron chi connectivity index (χ2n) is 3.57. The van der Waals surface area contributed by atoms with Gasteiger partial charge >= 0.3 is 0 Å². The lowest BCUT2D eigenvalue weighted by Gasteiger charge is -2.06. The maximum absolute atomic E-state index is 11.3. The molecule has 88 valence electrons. The largest absolute Gasteiger partial charge is 0.399 e. The van der Waals surface area contributed by atoms with Gasteiger partial charge in [0.05, 0.1) is 0 Å². The van der Waals surface area contributed by atoms with Crippen LogP contribution in [0.25, 0.3) is 0 Å². The molecule has 1 amide bonds. The lowest BCUT2D eigenvalue weighted by molar-refractivity contribution is -0.125. The fraction of sp³-hybridized carbons (Fsp3) is 0.417. The molecule has 1 aromatic carbocycles. The molecule has 1 rings (SSSR count). The lowest BCUT2D eigenvalue weighted by Crippen LogP contribution is -2.27. The van der Waals surface area contributed by atoms with Crippen LogP contribution in [0, 0.1) is 0 Å². The van der Waals surface area contributed by atoms with Crippen molar-refractivity contribution in [2.75, 3.05) is 18.9 Å². The second kappa shape index (κ2) is 6.85. The predicted octanol–water partition coefficient (Wildman–Crippen LogP) is 1.31. The number of ether oxygens (including phenoxy) is 1. The van der Waals surface area contributed by atoms with E-state index in [2.05, 4.69) is 5.32 Å². The van der Waals surface area contributed by atoms with Crippen molar-refractivity contribution < 1.29 is 9.53 Å². The molecule has 0 aliphatic rings. The third kappa shape index (κ3) is 4.79. The maximum Gasteiger partial charge on any atom is 0.246 e. The highest BCUT2D eigenvalue weighted by Gasteiger charge is 2.00. The number of hydrogen-bond acceptors (Lipinski definition) is 3. The Hall–Kier alpha value is -1.55. The van der Waals surface area contributed by atoms with Crippen molar-refractivity contribution in [3.63, 3.8) is 0 Å². The Morgan fingerprint density at radius 2 is 2.06 bits per heavy atom. The van der Waals surface area contributed by atoms with E-state index >= 15 is 0 Å². The molecule has 4 heteroatoms. The van der Waals surface area contributed by atoms with Gasteiger partial charge in [-0.25, -0.2) is 0 Å². The van der Waals surface area contributed by atoms with Gasteiger partial charge in [-0.05, 0) is 24.1 Å². The Balaban J connectivity index is 2.23. The summed E-state index contributed by atoms with van der Waals surface area (Å²) in [6.45, 7) is 3.26. The van der Waals surface area contributed by atoms with Crippen LogP contribution in [-0.4, -0.2) is 19.1 Å². The molecule has 0 unspecified atom stereocenters. The number of benzene rings is 1. The minimum Gasteiger partial charge on any atom is -0.399 e. The smallest absolute Gasteiger partial charge is 0.246 e. The van der Waals surface area contributed by atoms with Crippen LogP contribution >= 0.6 is 0 Å². The standard InChI is InChI=1S/C12H18N2O2/c1-2-7-16-9-12(15)14-8-10-3-5-11(13)6-4-10/h3-6H,2,7-9,13H2,1H3,(H,14,15). The molecule has 3 N–H and O–H groups in total. The highest BCUT2D eigenvalue weighted by atomic mass is 16.5. The number of nitrogen functional groups attached to an aromatic ring is 1. The molecule has 0 bridgehead atoms. The third-order valence-corrected chi connectivity index (χ3v) is 2.05. The maximum atomic E-state index is 11.3. The molecule has 0 aliphatic heterocycles. The van der Waals surface area contributed by atoms with Gasteiger partial charge in [-0.2, -0.15) is 0 Å². The molecule has 0 atom stereocenters. The Labute approximate surface area is 95.8 Å². The summed E-state index contributed by atoms with van der Waals surface area (Å²) in [5.74, 6) is -0.0923. The van der Waals surface area contributed by atoms with Crippen molar-refractivity contribution in [2.24, 2.45) is 0 Å². The zero-order valence-electron chi connectivity index (χ0n) is 9.53. The fourth-order valence-corrected chi connectivity index (χ4v) is 1.20. The van der Waals surface area contributed by atoms with Gasteiger partial charge in [0.15, 0.2) is 0 Å². The van der Waals surface area contributed by atoms with Crippen LogP contribution in [-0.2, 0) is 16.1 Å². The van der Waals surface area contributed by atoms with Gasteiger partial charge in [-0.15, -0.1) is 0 Å². The predicted molar refractivity (Wildman–Crippen MR) is 63.8 cm³/mol. The van der Waals surface area contributed by atoms with Crippen molar-refractivity contribution in [2.45, 2.75) is 19.9 Å². The van der Waals surface area contributed by atoms with Crippen LogP contribution < -0.4 is 11.1 Å². The van der Waals surface area contributed by atoms with Crippen molar-refractivity contribution >= 4 is 11.6 Å². The molecule has 4 nitrogen and oxygen atoms in total. The molecule has 0 saturated heterocycles. The number of nitrogens with two attached hydrogens (primary N) is 1. The van der Waals surface area contributed by atoms with Gasteiger partial charge in [0.25, 0.3) is 0 Å². The highest BCUT2D eigenvalue weighted by molar-refractivity contribution is 5.77. The van der Waals surface area contributed by atoms with E-state index in [4.69, 9.17) is 10.5 Å². The average molecular weight is 222 g/mol. The van der Waals surface area contributed by atoms with E-state index in [1.54, 1.807) is 0 Å². The van der Waals surface area contributed by atoms with E-state index in [1.807, 2.05) is 31.2 Å². The van der Waals surface area contributed by atoms with Gasteiger partial charge in [0, 0.05) is 18.8 Å². The molecule has 0 saturated carbocycles. The second-order valence-corrected chi connectivity index (χ2v) is 3.57. The monoisotopic (exact) mass is 222 g/mol. The van der Waals surface area contributed by atoms with E-state index in [9.17, 15) is 4.79 Å². The molecule has 0 radical (unpaired) electrons. The van der Waals surface area contributed by atoms with E-state index in [0.29, 0.717) is 13.2 Å². The van der Waals surface area contributed by atoms with Crippen LogP contribution in [0.15, 0.2) is 24.3 Å². The van der Waals surface area contributed by atoms with Crippen molar-refractivity contribution in [3.8, 4) is 0 Å². The fourth-order valence-electron chi connectivity index (χ4n) is 1.20. The van der Waals surface area contributed by atoms with E-state index in [-0.39, 0.29) is 12.5 Å². The van der Waals surface area contributed by atoms with Crippen LogP contribution in [0.1, 0.15) is 18.9 Å². The normalized spacial score (nSPS) is 10.1. The summed E-state index contributed by atoms with van der Waals surface area (Å²) in [6.07, 6.45) is 0.922. The number of rotatable bonds is 6. The number of anilines is 1. The first kappa shape index (κ1) is 12.5. The number of amides is 1. The SMILES string of the molecule is CCCOCC(=O)NCc1ccc(N)cc1. The van der Waals surface area contributed by atoms with E-state index < -0.39 is 0 Å². The van der Waals surface area contributed by atoms with Crippen LogP contribution in [0.3, 0.4) is 0 Å². The van der Waals surface area contributed by atoms with Crippen molar-refractivity contribution in [3.05, 3.63) is 29.8 Å². The first-order valence-electron chi connectivity index (χ1n) is 5.41. The van der Waals surface area contributed by atoms with Crippen LogP contribution in [0.4, 0.5) is 5.69 Å². The first-order valence-corrected chi connectivity index (χ1v) is 5.41. The molecule has 1 aromatic rings. The van der Waals surface area contributed by atoms with Crippen LogP contribution in [0.5, 0.6) is 0 Å². The summed E-state index contributed by atoms with van der Waals surface area (Å²) in [6, 6.07) is 7.41. The summed E-state index contributed by atoms with van der Waals surface area (Å²) >= 11 is 0. The van der Waals surface area contributed by atoms with Crippen LogP contribution in [0.2, 0.25) is 0 Å². The van der Waals surface area contributed by atoms with Gasteiger partial charge in [-0.1, -0.05) is 19.1 Å². The number of nitrogens with one attached hydrogen (secondary N) is 1. The summed E-state index contributed by atoms with van der Waals surface area (Å²) < 4.78 is 5.12. The molecule has 0 spiro atoms.